The Kier molecular flexibility index (Phi) is 3.19. The lowest BCUT2D eigenvalue weighted by Gasteiger charge is -2.18. The lowest BCUT2D eigenvalue weighted by atomic mass is 10.1. The molecule has 0 spiro atoms. The minimum atomic E-state index is -0.0536. The first kappa shape index (κ1) is 11.1. The average molecular weight is 196 g/mol. The maximum absolute atomic E-state index is 9.64. The monoisotopic (exact) mass is 196 g/mol. The quantitative estimate of drug-likeness (QED) is 0.807. The zero-order valence-electron chi connectivity index (χ0n) is 9.54. The third-order valence-corrected chi connectivity index (χ3v) is 2.22. The van der Waals surface area contributed by atoms with E-state index >= 15 is 0 Å². The van der Waals surface area contributed by atoms with Crippen LogP contribution in [0.5, 0.6) is 5.75 Å². The highest BCUT2D eigenvalue weighted by atomic mass is 16.3. The van der Waals surface area contributed by atoms with E-state index in [4.69, 9.17) is 0 Å². The van der Waals surface area contributed by atoms with Crippen LogP contribution in [-0.2, 0) is 12.0 Å². The molecule has 0 unspecified atom stereocenters. The third kappa shape index (κ3) is 2.50. The molecule has 0 amide bonds. The molecule has 0 atom stereocenters. The van der Waals surface area contributed by atoms with E-state index in [0.29, 0.717) is 5.75 Å². The fourth-order valence-electron chi connectivity index (χ4n) is 1.27. The second kappa shape index (κ2) is 4.03. The third-order valence-electron chi connectivity index (χ3n) is 2.22. The lowest BCUT2D eigenvalue weighted by Crippen LogP contribution is -2.22. The molecule has 80 valence electrons. The minimum absolute atomic E-state index is 0.0536. The number of rotatable bonds is 3. The first-order valence-electron chi connectivity index (χ1n) is 5.23. The van der Waals surface area contributed by atoms with Crippen LogP contribution in [0.15, 0.2) is 6.20 Å². The van der Waals surface area contributed by atoms with Gasteiger partial charge in [-0.1, -0.05) is 13.3 Å². The number of hydrogen-bond acceptors (Lipinski definition) is 2. The molecule has 1 aromatic heterocycles. The van der Waals surface area contributed by atoms with Gasteiger partial charge in [0.05, 0.1) is 11.7 Å². The molecule has 3 heteroatoms. The molecule has 0 aliphatic carbocycles. The molecule has 0 fully saturated rings. The Labute approximate surface area is 85.8 Å². The summed E-state index contributed by atoms with van der Waals surface area (Å²) >= 11 is 0. The van der Waals surface area contributed by atoms with Crippen LogP contribution in [0.1, 0.15) is 46.2 Å². The van der Waals surface area contributed by atoms with Crippen molar-refractivity contribution in [2.75, 3.05) is 0 Å². The summed E-state index contributed by atoms with van der Waals surface area (Å²) in [6.07, 6.45) is 4.78. The molecule has 0 saturated heterocycles. The summed E-state index contributed by atoms with van der Waals surface area (Å²) in [5.41, 5.74) is 0.767. The Morgan fingerprint density at radius 3 is 2.50 bits per heavy atom. The molecule has 3 nitrogen and oxygen atoms in total. The molecule has 0 saturated carbocycles. The van der Waals surface area contributed by atoms with E-state index in [1.807, 2.05) is 4.68 Å². The number of aromatic nitrogens is 2. The average Bonchev–Trinajstić information content (AvgIpc) is 2.43. The van der Waals surface area contributed by atoms with Crippen molar-refractivity contribution < 1.29 is 5.11 Å². The fourth-order valence-corrected chi connectivity index (χ4v) is 1.27. The van der Waals surface area contributed by atoms with Crippen molar-refractivity contribution in [3.8, 4) is 5.75 Å². The van der Waals surface area contributed by atoms with E-state index < -0.39 is 0 Å². The van der Waals surface area contributed by atoms with E-state index in [-0.39, 0.29) is 5.54 Å². The Bertz CT molecular complexity index is 297. The Morgan fingerprint density at radius 1 is 1.43 bits per heavy atom. The summed E-state index contributed by atoms with van der Waals surface area (Å²) in [6.45, 7) is 8.35. The highest BCUT2D eigenvalue weighted by molar-refractivity contribution is 5.23. The predicted octanol–water partition coefficient (Wildman–Crippen LogP) is 2.69. The topological polar surface area (TPSA) is 38.0 Å². The van der Waals surface area contributed by atoms with Crippen molar-refractivity contribution in [2.24, 2.45) is 0 Å². The predicted molar refractivity (Wildman–Crippen MR) is 57.5 cm³/mol. The van der Waals surface area contributed by atoms with Gasteiger partial charge in [-0.3, -0.25) is 4.68 Å². The zero-order valence-corrected chi connectivity index (χ0v) is 9.54. The van der Waals surface area contributed by atoms with Crippen molar-refractivity contribution in [3.05, 3.63) is 11.9 Å². The van der Waals surface area contributed by atoms with Gasteiger partial charge < -0.3 is 5.11 Å². The molecule has 1 heterocycles. The van der Waals surface area contributed by atoms with Gasteiger partial charge in [-0.2, -0.15) is 5.10 Å². The van der Waals surface area contributed by atoms with Crippen molar-refractivity contribution in [1.82, 2.24) is 9.78 Å². The Hall–Kier alpha value is -0.990. The Balaban J connectivity index is 2.82. The number of aromatic hydroxyl groups is 1. The molecule has 0 aliphatic rings. The van der Waals surface area contributed by atoms with Crippen LogP contribution in [-0.4, -0.2) is 14.9 Å². The number of hydrogen-bond donors (Lipinski definition) is 1. The van der Waals surface area contributed by atoms with Gasteiger partial charge >= 0.3 is 0 Å². The van der Waals surface area contributed by atoms with Gasteiger partial charge in [0.15, 0.2) is 5.75 Å². The molecule has 0 aromatic carbocycles. The van der Waals surface area contributed by atoms with E-state index in [9.17, 15) is 5.11 Å². The summed E-state index contributed by atoms with van der Waals surface area (Å²) in [6, 6.07) is 0. The largest absolute Gasteiger partial charge is 0.504 e. The summed E-state index contributed by atoms with van der Waals surface area (Å²) < 4.78 is 1.83. The van der Waals surface area contributed by atoms with Crippen LogP contribution < -0.4 is 0 Å². The molecular formula is C11H20N2O. The number of nitrogens with zero attached hydrogens (tertiary/aromatic N) is 2. The first-order chi connectivity index (χ1) is 6.45. The van der Waals surface area contributed by atoms with Gasteiger partial charge in [-0.15, -0.1) is 0 Å². The van der Waals surface area contributed by atoms with Gasteiger partial charge in [0.2, 0.25) is 0 Å². The maximum Gasteiger partial charge on any atom is 0.156 e. The van der Waals surface area contributed by atoms with Crippen molar-refractivity contribution in [1.29, 1.82) is 0 Å². The summed E-state index contributed by atoms with van der Waals surface area (Å²) in [4.78, 5) is 0. The summed E-state index contributed by atoms with van der Waals surface area (Å²) in [7, 11) is 0. The minimum Gasteiger partial charge on any atom is -0.504 e. The van der Waals surface area contributed by atoms with Gasteiger partial charge in [0, 0.05) is 0 Å². The number of unbranched alkanes of at least 4 members (excludes halogenated alkanes) is 1. The zero-order chi connectivity index (χ0) is 10.8. The fraction of sp³-hybridized carbons (Fsp3) is 0.727. The molecular weight excluding hydrogens is 176 g/mol. The number of aryl methyl sites for hydroxylation is 1. The van der Waals surface area contributed by atoms with Gasteiger partial charge in [0.25, 0.3) is 0 Å². The molecule has 0 aliphatic heterocycles. The van der Waals surface area contributed by atoms with Crippen LogP contribution in [0.25, 0.3) is 0 Å². The van der Waals surface area contributed by atoms with Crippen LogP contribution in [0, 0.1) is 0 Å². The molecule has 0 radical (unpaired) electrons. The van der Waals surface area contributed by atoms with Crippen LogP contribution in [0.2, 0.25) is 0 Å². The van der Waals surface area contributed by atoms with Crippen molar-refractivity contribution in [3.63, 3.8) is 0 Å². The SMILES string of the molecule is CCCCc1nn(C(C)(C)C)cc1O. The van der Waals surface area contributed by atoms with E-state index in [1.54, 1.807) is 6.20 Å². The van der Waals surface area contributed by atoms with Crippen LogP contribution >= 0.6 is 0 Å². The normalized spacial score (nSPS) is 12.0. The highest BCUT2D eigenvalue weighted by Gasteiger charge is 2.17. The van der Waals surface area contributed by atoms with E-state index in [0.717, 1.165) is 25.0 Å². The smallest absolute Gasteiger partial charge is 0.156 e. The molecule has 1 N–H and O–H groups in total. The van der Waals surface area contributed by atoms with Gasteiger partial charge in [-0.25, -0.2) is 0 Å². The molecule has 1 rings (SSSR count). The summed E-state index contributed by atoms with van der Waals surface area (Å²) in [5.74, 6) is 0.327. The van der Waals surface area contributed by atoms with Gasteiger partial charge in [-0.05, 0) is 33.6 Å². The van der Waals surface area contributed by atoms with E-state index in [2.05, 4.69) is 32.8 Å². The van der Waals surface area contributed by atoms with Crippen LogP contribution in [0.4, 0.5) is 0 Å². The molecule has 14 heavy (non-hydrogen) atoms. The van der Waals surface area contributed by atoms with Crippen molar-refractivity contribution in [2.45, 2.75) is 52.5 Å². The first-order valence-corrected chi connectivity index (χ1v) is 5.23. The lowest BCUT2D eigenvalue weighted by molar-refractivity contribution is 0.351. The molecule has 0 bridgehead atoms. The summed E-state index contributed by atoms with van der Waals surface area (Å²) in [5, 5.41) is 14.0. The standard InChI is InChI=1S/C11H20N2O/c1-5-6-7-9-10(14)8-13(12-9)11(2,3)4/h8,14H,5-7H2,1-4H3. The highest BCUT2D eigenvalue weighted by Crippen LogP contribution is 2.22. The second-order valence-electron chi connectivity index (χ2n) is 4.68. The maximum atomic E-state index is 9.64. The van der Waals surface area contributed by atoms with Crippen LogP contribution in [0.3, 0.4) is 0 Å². The Morgan fingerprint density at radius 2 is 2.07 bits per heavy atom. The van der Waals surface area contributed by atoms with Gasteiger partial charge in [0.1, 0.15) is 5.69 Å². The molecule has 1 aromatic rings. The van der Waals surface area contributed by atoms with E-state index in [1.165, 1.54) is 0 Å². The van der Waals surface area contributed by atoms with Crippen molar-refractivity contribution >= 4 is 0 Å². The second-order valence-corrected chi connectivity index (χ2v) is 4.68.